The lowest BCUT2D eigenvalue weighted by Gasteiger charge is -2.17. The average molecular weight is 353 g/mol. The minimum Gasteiger partial charge on any atom is -0.313 e. The summed E-state index contributed by atoms with van der Waals surface area (Å²) in [5.74, 6) is 0. The third kappa shape index (κ3) is 5.00. The first-order valence-electron chi connectivity index (χ1n) is 7.06. The van der Waals surface area contributed by atoms with Gasteiger partial charge in [-0.15, -0.1) is 11.3 Å². The molecule has 0 radical (unpaired) electrons. The van der Waals surface area contributed by atoms with E-state index in [9.17, 15) is 0 Å². The van der Waals surface area contributed by atoms with Crippen LogP contribution in [0.25, 0.3) is 0 Å². The number of benzene rings is 1. The van der Waals surface area contributed by atoms with E-state index in [1.54, 1.807) is 11.3 Å². The Labute approximate surface area is 133 Å². The molecule has 1 atom stereocenters. The van der Waals surface area contributed by atoms with Crippen molar-refractivity contribution in [3.63, 3.8) is 0 Å². The van der Waals surface area contributed by atoms with Crippen molar-refractivity contribution in [3.05, 3.63) is 50.4 Å². The molecule has 2 aromatic rings. The van der Waals surface area contributed by atoms with E-state index in [1.165, 1.54) is 10.6 Å². The number of nitrogens with one attached hydrogen (secondary N) is 1. The molecule has 2 nitrogen and oxygen atoms in total. The second-order valence-electron chi connectivity index (χ2n) is 5.07. The Morgan fingerprint density at radius 1 is 1.25 bits per heavy atom. The third-order valence-corrected chi connectivity index (χ3v) is 4.68. The number of aromatic nitrogens is 1. The van der Waals surface area contributed by atoms with Gasteiger partial charge in [-0.2, -0.15) is 0 Å². The summed E-state index contributed by atoms with van der Waals surface area (Å²) in [5.41, 5.74) is 2.50. The molecule has 0 aliphatic carbocycles. The van der Waals surface area contributed by atoms with Crippen molar-refractivity contribution in [1.29, 1.82) is 0 Å². The average Bonchev–Trinajstić information content (AvgIpc) is 2.84. The van der Waals surface area contributed by atoms with Gasteiger partial charge >= 0.3 is 0 Å². The van der Waals surface area contributed by atoms with Crippen LogP contribution in [0.3, 0.4) is 0 Å². The zero-order valence-corrected chi connectivity index (χ0v) is 14.4. The first-order chi connectivity index (χ1) is 9.67. The lowest BCUT2D eigenvalue weighted by atomic mass is 10.0. The third-order valence-electron chi connectivity index (χ3n) is 3.17. The Balaban J connectivity index is 2.00. The predicted octanol–water partition coefficient (Wildman–Crippen LogP) is 4.37. The molecule has 0 aliphatic heterocycles. The van der Waals surface area contributed by atoms with Crippen LogP contribution in [0.4, 0.5) is 0 Å². The molecule has 0 bridgehead atoms. The molecule has 1 heterocycles. The Bertz CT molecular complexity index is 522. The Hall–Kier alpha value is -0.710. The minimum atomic E-state index is 0.460. The fraction of sp³-hybridized carbons (Fsp3) is 0.438. The van der Waals surface area contributed by atoms with Crippen LogP contribution < -0.4 is 5.32 Å². The van der Waals surface area contributed by atoms with Gasteiger partial charge in [-0.25, -0.2) is 4.98 Å². The Kier molecular flexibility index (Phi) is 6.20. The molecule has 1 N–H and O–H groups in total. The van der Waals surface area contributed by atoms with Crippen LogP contribution in [0.5, 0.6) is 0 Å². The van der Waals surface area contributed by atoms with Crippen LogP contribution in [0.2, 0.25) is 0 Å². The first-order valence-corrected chi connectivity index (χ1v) is 8.73. The van der Waals surface area contributed by atoms with Gasteiger partial charge in [0.05, 0.1) is 5.01 Å². The summed E-state index contributed by atoms with van der Waals surface area (Å²) in [5, 5.41) is 7.01. The van der Waals surface area contributed by atoms with Crippen LogP contribution in [-0.2, 0) is 12.8 Å². The maximum Gasteiger partial charge on any atom is 0.0943 e. The second kappa shape index (κ2) is 7.91. The standard InChI is InChI=1S/C16H21BrN2S/c1-3-8-18-15(10-16-19-12(2)11-20-16)9-13-4-6-14(17)7-5-13/h4-7,11,15,18H,3,8-10H2,1-2H3. The predicted molar refractivity (Wildman–Crippen MR) is 90.5 cm³/mol. The number of halogens is 1. The summed E-state index contributed by atoms with van der Waals surface area (Å²) in [6.45, 7) is 5.33. The highest BCUT2D eigenvalue weighted by Crippen LogP contribution is 2.16. The van der Waals surface area contributed by atoms with Gasteiger partial charge in [0.25, 0.3) is 0 Å². The van der Waals surface area contributed by atoms with Crippen LogP contribution in [0.15, 0.2) is 34.1 Å². The van der Waals surface area contributed by atoms with Crippen molar-refractivity contribution in [3.8, 4) is 0 Å². The fourth-order valence-corrected chi connectivity index (χ4v) is 3.29. The summed E-state index contributed by atoms with van der Waals surface area (Å²) in [7, 11) is 0. The summed E-state index contributed by atoms with van der Waals surface area (Å²) in [6, 6.07) is 9.07. The fourth-order valence-electron chi connectivity index (χ4n) is 2.18. The van der Waals surface area contributed by atoms with Crippen LogP contribution in [-0.4, -0.2) is 17.6 Å². The highest BCUT2D eigenvalue weighted by atomic mass is 79.9. The molecule has 1 aromatic heterocycles. The molecule has 0 amide bonds. The van der Waals surface area contributed by atoms with Gasteiger partial charge in [0.15, 0.2) is 0 Å². The van der Waals surface area contributed by atoms with E-state index in [-0.39, 0.29) is 0 Å². The van der Waals surface area contributed by atoms with Crippen LogP contribution >= 0.6 is 27.3 Å². The smallest absolute Gasteiger partial charge is 0.0943 e. The van der Waals surface area contributed by atoms with Gasteiger partial charge in [-0.1, -0.05) is 35.0 Å². The maximum absolute atomic E-state index is 4.59. The molecule has 20 heavy (non-hydrogen) atoms. The summed E-state index contributed by atoms with van der Waals surface area (Å²) in [4.78, 5) is 4.59. The molecule has 1 unspecified atom stereocenters. The normalized spacial score (nSPS) is 12.6. The van der Waals surface area contributed by atoms with E-state index in [0.29, 0.717) is 6.04 Å². The lowest BCUT2D eigenvalue weighted by molar-refractivity contribution is 0.504. The van der Waals surface area contributed by atoms with E-state index in [1.807, 2.05) is 0 Å². The summed E-state index contributed by atoms with van der Waals surface area (Å²) in [6.07, 6.45) is 3.22. The molecular formula is C16H21BrN2S. The molecule has 0 saturated heterocycles. The first kappa shape index (κ1) is 15.7. The number of hydrogen-bond acceptors (Lipinski definition) is 3. The van der Waals surface area contributed by atoms with Gasteiger partial charge < -0.3 is 5.32 Å². The van der Waals surface area contributed by atoms with Crippen LogP contribution in [0, 0.1) is 6.92 Å². The van der Waals surface area contributed by atoms with E-state index < -0.39 is 0 Å². The number of aryl methyl sites for hydroxylation is 1. The lowest BCUT2D eigenvalue weighted by Crippen LogP contribution is -2.33. The van der Waals surface area contributed by atoms with Crippen molar-refractivity contribution < 1.29 is 0 Å². The number of thiazole rings is 1. The van der Waals surface area contributed by atoms with Gasteiger partial charge in [-0.05, 0) is 44.0 Å². The molecule has 0 saturated carbocycles. The van der Waals surface area contributed by atoms with Crippen LogP contribution in [0.1, 0.15) is 29.6 Å². The number of rotatable bonds is 7. The molecule has 1 aromatic carbocycles. The highest BCUT2D eigenvalue weighted by molar-refractivity contribution is 9.10. The molecule has 108 valence electrons. The Morgan fingerprint density at radius 2 is 2.00 bits per heavy atom. The SMILES string of the molecule is CCCNC(Cc1ccc(Br)cc1)Cc1nc(C)cs1. The van der Waals surface area contributed by atoms with Gasteiger partial charge in [0, 0.05) is 28.0 Å². The monoisotopic (exact) mass is 352 g/mol. The molecule has 0 spiro atoms. The molecule has 4 heteroatoms. The Morgan fingerprint density at radius 3 is 2.60 bits per heavy atom. The minimum absolute atomic E-state index is 0.460. The summed E-state index contributed by atoms with van der Waals surface area (Å²) < 4.78 is 1.13. The van der Waals surface area contributed by atoms with Crippen molar-refractivity contribution in [2.75, 3.05) is 6.54 Å². The summed E-state index contributed by atoms with van der Waals surface area (Å²) >= 11 is 5.25. The zero-order valence-electron chi connectivity index (χ0n) is 12.0. The van der Waals surface area contributed by atoms with Gasteiger partial charge in [0.1, 0.15) is 0 Å². The molecule has 0 aliphatic rings. The molecular weight excluding hydrogens is 332 g/mol. The number of nitrogens with zero attached hydrogens (tertiary/aromatic N) is 1. The largest absolute Gasteiger partial charge is 0.313 e. The molecule has 0 fully saturated rings. The van der Waals surface area contributed by atoms with Gasteiger partial charge in [0.2, 0.25) is 0 Å². The number of hydrogen-bond donors (Lipinski definition) is 1. The topological polar surface area (TPSA) is 24.9 Å². The zero-order chi connectivity index (χ0) is 14.4. The van der Waals surface area contributed by atoms with Crippen molar-refractivity contribution >= 4 is 27.3 Å². The van der Waals surface area contributed by atoms with Crippen molar-refractivity contribution in [2.45, 2.75) is 39.2 Å². The van der Waals surface area contributed by atoms with Gasteiger partial charge in [-0.3, -0.25) is 0 Å². The van der Waals surface area contributed by atoms with Crippen molar-refractivity contribution in [1.82, 2.24) is 10.3 Å². The maximum atomic E-state index is 4.59. The van der Waals surface area contributed by atoms with E-state index in [4.69, 9.17) is 0 Å². The van der Waals surface area contributed by atoms with Crippen molar-refractivity contribution in [2.24, 2.45) is 0 Å². The second-order valence-corrected chi connectivity index (χ2v) is 6.93. The highest BCUT2D eigenvalue weighted by Gasteiger charge is 2.12. The van der Waals surface area contributed by atoms with E-state index in [0.717, 1.165) is 36.0 Å². The van der Waals surface area contributed by atoms with E-state index >= 15 is 0 Å². The quantitative estimate of drug-likeness (QED) is 0.800. The molecule has 2 rings (SSSR count). The van der Waals surface area contributed by atoms with E-state index in [2.05, 4.69) is 69.7 Å².